The van der Waals surface area contributed by atoms with Gasteiger partial charge in [-0.15, -0.1) is 11.3 Å². The Morgan fingerprint density at radius 3 is 2.81 bits per heavy atom. The first-order chi connectivity index (χ1) is 10.2. The van der Waals surface area contributed by atoms with Gasteiger partial charge in [-0.3, -0.25) is 9.78 Å². The first kappa shape index (κ1) is 13.5. The second kappa shape index (κ2) is 5.89. The van der Waals surface area contributed by atoms with Crippen molar-refractivity contribution in [2.75, 3.05) is 5.32 Å². The van der Waals surface area contributed by atoms with E-state index in [0.717, 1.165) is 10.4 Å². The summed E-state index contributed by atoms with van der Waals surface area (Å²) in [6.45, 7) is 2.06. The molecule has 3 aromatic rings. The summed E-state index contributed by atoms with van der Waals surface area (Å²) in [7, 11) is 0. The molecule has 1 amide bonds. The first-order valence-electron chi connectivity index (χ1n) is 6.60. The summed E-state index contributed by atoms with van der Waals surface area (Å²) in [5.41, 5.74) is 3.05. The summed E-state index contributed by atoms with van der Waals surface area (Å²) in [5.74, 6) is -0.105. The number of rotatable bonds is 3. The Morgan fingerprint density at radius 2 is 2.05 bits per heavy atom. The van der Waals surface area contributed by atoms with Gasteiger partial charge in [0, 0.05) is 11.1 Å². The molecular weight excluding hydrogens is 280 g/mol. The van der Waals surface area contributed by atoms with E-state index in [1.807, 2.05) is 24.3 Å². The number of carbonyl (C=O) groups excluding carboxylic acids is 1. The third-order valence-electron chi connectivity index (χ3n) is 3.05. The van der Waals surface area contributed by atoms with Gasteiger partial charge in [-0.25, -0.2) is 0 Å². The van der Waals surface area contributed by atoms with Gasteiger partial charge in [0.2, 0.25) is 0 Å². The average molecular weight is 294 g/mol. The van der Waals surface area contributed by atoms with Crippen molar-refractivity contribution in [3.05, 3.63) is 71.4 Å². The minimum absolute atomic E-state index is 0.105. The van der Waals surface area contributed by atoms with Crippen LogP contribution in [0.25, 0.3) is 10.4 Å². The Hall–Kier alpha value is -2.46. The van der Waals surface area contributed by atoms with Crippen LogP contribution in [0, 0.1) is 6.92 Å². The van der Waals surface area contributed by atoms with Crippen LogP contribution in [0.3, 0.4) is 0 Å². The maximum absolute atomic E-state index is 12.2. The summed E-state index contributed by atoms with van der Waals surface area (Å²) in [4.78, 5) is 18.0. The lowest BCUT2D eigenvalue weighted by molar-refractivity contribution is 0.103. The summed E-state index contributed by atoms with van der Waals surface area (Å²) < 4.78 is 0. The molecule has 0 unspecified atom stereocenters. The lowest BCUT2D eigenvalue weighted by atomic mass is 10.1. The monoisotopic (exact) mass is 294 g/mol. The topological polar surface area (TPSA) is 42.0 Å². The number of thiophene rings is 1. The Bertz CT molecular complexity index is 765. The number of hydrogen-bond donors (Lipinski definition) is 1. The molecular formula is C17H14N2OS. The zero-order valence-corrected chi connectivity index (χ0v) is 12.4. The molecule has 0 saturated carbocycles. The molecule has 3 nitrogen and oxygen atoms in total. The number of amides is 1. The van der Waals surface area contributed by atoms with Gasteiger partial charge in [-0.2, -0.15) is 0 Å². The predicted octanol–water partition coefficient (Wildman–Crippen LogP) is 4.37. The van der Waals surface area contributed by atoms with E-state index in [1.165, 1.54) is 16.9 Å². The van der Waals surface area contributed by atoms with Crippen LogP contribution in [-0.2, 0) is 0 Å². The van der Waals surface area contributed by atoms with E-state index in [9.17, 15) is 4.79 Å². The van der Waals surface area contributed by atoms with Crippen molar-refractivity contribution in [2.45, 2.75) is 6.92 Å². The van der Waals surface area contributed by atoms with Crippen LogP contribution in [0.2, 0.25) is 0 Å². The minimum Gasteiger partial charge on any atom is -0.320 e. The van der Waals surface area contributed by atoms with Gasteiger partial charge in [0.15, 0.2) is 0 Å². The van der Waals surface area contributed by atoms with Crippen LogP contribution in [0.1, 0.15) is 15.2 Å². The summed E-state index contributed by atoms with van der Waals surface area (Å²) in [5, 5.41) is 2.84. The fraction of sp³-hybridized carbons (Fsp3) is 0.0588. The molecule has 0 saturated heterocycles. The number of anilines is 1. The van der Waals surface area contributed by atoms with Crippen LogP contribution in [-0.4, -0.2) is 10.9 Å². The minimum atomic E-state index is -0.105. The number of carbonyl (C=O) groups is 1. The molecule has 0 aliphatic rings. The van der Waals surface area contributed by atoms with Gasteiger partial charge >= 0.3 is 0 Å². The lowest BCUT2D eigenvalue weighted by Crippen LogP contribution is -2.09. The number of hydrogen-bond acceptors (Lipinski definition) is 3. The average Bonchev–Trinajstić information content (AvgIpc) is 2.98. The van der Waals surface area contributed by atoms with Crippen molar-refractivity contribution in [3.63, 3.8) is 0 Å². The SMILES string of the molecule is Cc1cccc(-c2ccc(C(=O)Nc3cccnc3)s2)c1. The van der Waals surface area contributed by atoms with Crippen molar-refractivity contribution < 1.29 is 4.79 Å². The molecule has 3 rings (SSSR count). The molecule has 0 fully saturated rings. The third-order valence-corrected chi connectivity index (χ3v) is 4.18. The molecule has 0 aliphatic heterocycles. The molecule has 0 bridgehead atoms. The van der Waals surface area contributed by atoms with Crippen molar-refractivity contribution >= 4 is 22.9 Å². The molecule has 0 radical (unpaired) electrons. The molecule has 0 aliphatic carbocycles. The zero-order chi connectivity index (χ0) is 14.7. The highest BCUT2D eigenvalue weighted by Gasteiger charge is 2.10. The number of pyridine rings is 1. The van der Waals surface area contributed by atoms with E-state index in [2.05, 4.69) is 35.4 Å². The van der Waals surface area contributed by atoms with Gasteiger partial charge in [-0.1, -0.05) is 29.8 Å². The van der Waals surface area contributed by atoms with Crippen LogP contribution in [0.15, 0.2) is 60.9 Å². The van der Waals surface area contributed by atoms with Gasteiger partial charge in [-0.05, 0) is 36.8 Å². The Balaban J connectivity index is 1.80. The van der Waals surface area contributed by atoms with Crippen molar-refractivity contribution in [3.8, 4) is 10.4 Å². The van der Waals surface area contributed by atoms with E-state index in [4.69, 9.17) is 0 Å². The quantitative estimate of drug-likeness (QED) is 0.779. The molecule has 2 aromatic heterocycles. The Kier molecular flexibility index (Phi) is 3.79. The highest BCUT2D eigenvalue weighted by atomic mass is 32.1. The Morgan fingerprint density at radius 1 is 1.14 bits per heavy atom. The van der Waals surface area contributed by atoms with E-state index < -0.39 is 0 Å². The molecule has 104 valence electrons. The highest BCUT2D eigenvalue weighted by molar-refractivity contribution is 7.17. The second-order valence-electron chi connectivity index (χ2n) is 4.73. The first-order valence-corrected chi connectivity index (χ1v) is 7.42. The summed E-state index contributed by atoms with van der Waals surface area (Å²) in [6, 6.07) is 15.7. The van der Waals surface area contributed by atoms with E-state index in [1.54, 1.807) is 18.5 Å². The lowest BCUT2D eigenvalue weighted by Gasteiger charge is -2.02. The fourth-order valence-corrected chi connectivity index (χ4v) is 2.94. The number of nitrogens with zero attached hydrogens (tertiary/aromatic N) is 1. The number of nitrogens with one attached hydrogen (secondary N) is 1. The standard InChI is InChI=1S/C17H14N2OS/c1-12-4-2-5-13(10-12)15-7-8-16(21-15)17(20)19-14-6-3-9-18-11-14/h2-11H,1H3,(H,19,20). The Labute approximate surface area is 127 Å². The van der Waals surface area contributed by atoms with Gasteiger partial charge < -0.3 is 5.32 Å². The second-order valence-corrected chi connectivity index (χ2v) is 5.81. The van der Waals surface area contributed by atoms with E-state index in [-0.39, 0.29) is 5.91 Å². The van der Waals surface area contributed by atoms with Crippen LogP contribution in [0.4, 0.5) is 5.69 Å². The van der Waals surface area contributed by atoms with Crippen molar-refractivity contribution in [2.24, 2.45) is 0 Å². The molecule has 1 N–H and O–H groups in total. The molecule has 0 spiro atoms. The molecule has 0 atom stereocenters. The van der Waals surface area contributed by atoms with E-state index >= 15 is 0 Å². The largest absolute Gasteiger partial charge is 0.320 e. The highest BCUT2D eigenvalue weighted by Crippen LogP contribution is 2.29. The van der Waals surface area contributed by atoms with Gasteiger partial charge in [0.05, 0.1) is 16.8 Å². The van der Waals surface area contributed by atoms with E-state index in [0.29, 0.717) is 10.6 Å². The molecule has 1 aromatic carbocycles. The summed E-state index contributed by atoms with van der Waals surface area (Å²) >= 11 is 1.49. The molecule has 2 heterocycles. The maximum Gasteiger partial charge on any atom is 0.265 e. The van der Waals surface area contributed by atoms with Crippen LogP contribution < -0.4 is 5.32 Å². The number of benzene rings is 1. The normalized spacial score (nSPS) is 10.3. The van der Waals surface area contributed by atoms with Crippen LogP contribution in [0.5, 0.6) is 0 Å². The smallest absolute Gasteiger partial charge is 0.265 e. The molecule has 21 heavy (non-hydrogen) atoms. The predicted molar refractivity (Wildman–Crippen MR) is 86.7 cm³/mol. The zero-order valence-electron chi connectivity index (χ0n) is 11.5. The van der Waals surface area contributed by atoms with Gasteiger partial charge in [0.1, 0.15) is 0 Å². The number of aromatic nitrogens is 1. The fourth-order valence-electron chi connectivity index (χ4n) is 2.04. The van der Waals surface area contributed by atoms with Crippen molar-refractivity contribution in [1.29, 1.82) is 0 Å². The van der Waals surface area contributed by atoms with Crippen molar-refractivity contribution in [1.82, 2.24) is 4.98 Å². The third kappa shape index (κ3) is 3.17. The van der Waals surface area contributed by atoms with Crippen LogP contribution >= 0.6 is 11.3 Å². The maximum atomic E-state index is 12.2. The van der Waals surface area contributed by atoms with Gasteiger partial charge in [0.25, 0.3) is 5.91 Å². The molecule has 4 heteroatoms. The summed E-state index contributed by atoms with van der Waals surface area (Å²) in [6.07, 6.45) is 3.31. The number of aryl methyl sites for hydroxylation is 1.